The van der Waals surface area contributed by atoms with E-state index in [1.807, 2.05) is 0 Å². The molecule has 0 aliphatic heterocycles. The van der Waals surface area contributed by atoms with Crippen molar-refractivity contribution in [2.24, 2.45) is 0 Å². The molecule has 0 bridgehead atoms. The number of aromatic nitrogens is 1. The predicted octanol–water partition coefficient (Wildman–Crippen LogP) is 2.00. The molecule has 0 amide bonds. The smallest absolute Gasteiger partial charge is 0.153 e. The molecular weight excluding hydrogens is 169 g/mol. The predicted molar refractivity (Wildman–Crippen MR) is 39.3 cm³/mol. The Labute approximate surface area is 68.0 Å². The largest absolute Gasteiger partial charge is 0.298 e. The summed E-state index contributed by atoms with van der Waals surface area (Å²) in [5.74, 6) is -0.517. The lowest BCUT2D eigenvalue weighted by Crippen LogP contribution is -1.93. The molecule has 1 heterocycles. The summed E-state index contributed by atoms with van der Waals surface area (Å²) in [6.07, 6.45) is 0.470. The number of carbonyl (C=O) groups is 1. The molecule has 0 aliphatic rings. The van der Waals surface area contributed by atoms with E-state index < -0.39 is 5.82 Å². The first kappa shape index (κ1) is 8.14. The SMILES string of the molecule is Cc1nc(Cl)c(C=O)cc1F. The fourth-order valence-corrected chi connectivity index (χ4v) is 0.874. The topological polar surface area (TPSA) is 30.0 Å². The maximum absolute atomic E-state index is 12.7. The van der Waals surface area contributed by atoms with Gasteiger partial charge in [-0.2, -0.15) is 0 Å². The van der Waals surface area contributed by atoms with E-state index in [0.717, 1.165) is 6.07 Å². The van der Waals surface area contributed by atoms with Crippen molar-refractivity contribution >= 4 is 17.9 Å². The zero-order chi connectivity index (χ0) is 8.43. The lowest BCUT2D eigenvalue weighted by atomic mass is 10.3. The van der Waals surface area contributed by atoms with E-state index in [0.29, 0.717) is 6.29 Å². The zero-order valence-corrected chi connectivity index (χ0v) is 6.52. The van der Waals surface area contributed by atoms with Crippen molar-refractivity contribution in [2.45, 2.75) is 6.92 Å². The molecule has 0 aliphatic carbocycles. The fourth-order valence-electron chi connectivity index (χ4n) is 0.648. The van der Waals surface area contributed by atoms with Crippen LogP contribution in [0.25, 0.3) is 0 Å². The van der Waals surface area contributed by atoms with Crippen LogP contribution in [-0.2, 0) is 0 Å². The molecule has 0 N–H and O–H groups in total. The molecular formula is C7H5ClFNO. The Morgan fingerprint density at radius 1 is 1.73 bits per heavy atom. The van der Waals surface area contributed by atoms with Gasteiger partial charge in [-0.05, 0) is 13.0 Å². The molecule has 1 rings (SSSR count). The molecule has 11 heavy (non-hydrogen) atoms. The first-order valence-corrected chi connectivity index (χ1v) is 3.30. The number of hydrogen-bond donors (Lipinski definition) is 0. The Balaban J connectivity index is 3.31. The molecule has 4 heteroatoms. The number of aldehydes is 1. The first-order valence-electron chi connectivity index (χ1n) is 2.93. The van der Waals surface area contributed by atoms with Gasteiger partial charge in [-0.3, -0.25) is 4.79 Å². The number of nitrogens with zero attached hydrogens (tertiary/aromatic N) is 1. The van der Waals surface area contributed by atoms with Crippen LogP contribution in [0.3, 0.4) is 0 Å². The van der Waals surface area contributed by atoms with E-state index >= 15 is 0 Å². The van der Waals surface area contributed by atoms with Crippen molar-refractivity contribution < 1.29 is 9.18 Å². The van der Waals surface area contributed by atoms with Crippen LogP contribution in [-0.4, -0.2) is 11.3 Å². The molecule has 1 aromatic rings. The van der Waals surface area contributed by atoms with Gasteiger partial charge in [0.2, 0.25) is 0 Å². The molecule has 0 saturated carbocycles. The quantitative estimate of drug-likeness (QED) is 0.480. The second-order valence-electron chi connectivity index (χ2n) is 2.05. The average molecular weight is 174 g/mol. The van der Waals surface area contributed by atoms with Gasteiger partial charge in [0.1, 0.15) is 11.0 Å². The third-order valence-electron chi connectivity index (χ3n) is 1.26. The highest BCUT2D eigenvalue weighted by molar-refractivity contribution is 6.31. The second-order valence-corrected chi connectivity index (χ2v) is 2.41. The Bertz CT molecular complexity index is 301. The van der Waals surface area contributed by atoms with E-state index in [-0.39, 0.29) is 16.4 Å². The van der Waals surface area contributed by atoms with Gasteiger partial charge in [0, 0.05) is 0 Å². The van der Waals surface area contributed by atoms with Gasteiger partial charge in [0.25, 0.3) is 0 Å². The normalized spacial score (nSPS) is 9.73. The molecule has 0 fully saturated rings. The van der Waals surface area contributed by atoms with E-state index in [1.165, 1.54) is 6.92 Å². The van der Waals surface area contributed by atoms with E-state index in [9.17, 15) is 9.18 Å². The molecule has 0 unspecified atom stereocenters. The van der Waals surface area contributed by atoms with Crippen LogP contribution < -0.4 is 0 Å². The standard InChI is InChI=1S/C7H5ClFNO/c1-4-6(9)2-5(3-11)7(8)10-4/h2-3H,1H3. The Hall–Kier alpha value is -0.960. The number of carbonyl (C=O) groups excluding carboxylic acids is 1. The Morgan fingerprint density at radius 3 is 2.91 bits per heavy atom. The highest BCUT2D eigenvalue weighted by Gasteiger charge is 2.05. The maximum Gasteiger partial charge on any atom is 0.153 e. The van der Waals surface area contributed by atoms with Crippen molar-refractivity contribution in [1.82, 2.24) is 4.98 Å². The van der Waals surface area contributed by atoms with Crippen LogP contribution in [0.1, 0.15) is 16.1 Å². The van der Waals surface area contributed by atoms with Crippen molar-refractivity contribution in [1.29, 1.82) is 0 Å². The van der Waals surface area contributed by atoms with Gasteiger partial charge in [0.05, 0.1) is 11.3 Å². The lowest BCUT2D eigenvalue weighted by Gasteiger charge is -1.97. The Kier molecular flexibility index (Phi) is 2.19. The van der Waals surface area contributed by atoms with Crippen LogP contribution in [0.15, 0.2) is 6.07 Å². The lowest BCUT2D eigenvalue weighted by molar-refractivity contribution is 0.112. The van der Waals surface area contributed by atoms with Crippen molar-refractivity contribution in [3.8, 4) is 0 Å². The van der Waals surface area contributed by atoms with Crippen LogP contribution in [0.4, 0.5) is 4.39 Å². The highest BCUT2D eigenvalue weighted by atomic mass is 35.5. The summed E-state index contributed by atoms with van der Waals surface area (Å²) in [5, 5.41) is 0.0406. The van der Waals surface area contributed by atoms with Gasteiger partial charge in [-0.25, -0.2) is 9.37 Å². The summed E-state index contributed by atoms with van der Waals surface area (Å²) in [6, 6.07) is 1.07. The minimum Gasteiger partial charge on any atom is -0.298 e. The highest BCUT2D eigenvalue weighted by Crippen LogP contribution is 2.14. The number of halogens is 2. The molecule has 0 saturated heterocycles. The number of aryl methyl sites for hydroxylation is 1. The third kappa shape index (κ3) is 1.54. The molecule has 58 valence electrons. The van der Waals surface area contributed by atoms with Crippen molar-refractivity contribution in [3.05, 3.63) is 28.3 Å². The van der Waals surface area contributed by atoms with Crippen molar-refractivity contribution in [2.75, 3.05) is 0 Å². The zero-order valence-electron chi connectivity index (χ0n) is 5.77. The Morgan fingerprint density at radius 2 is 2.36 bits per heavy atom. The molecule has 1 aromatic heterocycles. The molecule has 0 atom stereocenters. The van der Waals surface area contributed by atoms with Crippen LogP contribution in [0, 0.1) is 12.7 Å². The monoisotopic (exact) mass is 173 g/mol. The molecule has 0 radical (unpaired) electrons. The molecule has 0 spiro atoms. The van der Waals surface area contributed by atoms with Gasteiger partial charge in [0.15, 0.2) is 6.29 Å². The summed E-state index contributed by atoms with van der Waals surface area (Å²) in [6.45, 7) is 1.48. The van der Waals surface area contributed by atoms with E-state index in [1.54, 1.807) is 0 Å². The molecule has 0 aromatic carbocycles. The third-order valence-corrected chi connectivity index (χ3v) is 1.56. The van der Waals surface area contributed by atoms with Gasteiger partial charge in [-0.15, -0.1) is 0 Å². The van der Waals surface area contributed by atoms with Gasteiger partial charge in [-0.1, -0.05) is 11.6 Å². The maximum atomic E-state index is 12.7. The minimum absolute atomic E-state index is 0.0406. The van der Waals surface area contributed by atoms with Gasteiger partial charge >= 0.3 is 0 Å². The number of hydrogen-bond acceptors (Lipinski definition) is 2. The van der Waals surface area contributed by atoms with Crippen LogP contribution in [0.2, 0.25) is 5.15 Å². The van der Waals surface area contributed by atoms with E-state index in [4.69, 9.17) is 11.6 Å². The summed E-state index contributed by atoms with van der Waals surface area (Å²) >= 11 is 5.49. The number of rotatable bonds is 1. The van der Waals surface area contributed by atoms with Crippen molar-refractivity contribution in [3.63, 3.8) is 0 Å². The van der Waals surface area contributed by atoms with Gasteiger partial charge < -0.3 is 0 Å². The second kappa shape index (κ2) is 2.96. The number of pyridine rings is 1. The summed E-state index contributed by atoms with van der Waals surface area (Å²) in [7, 11) is 0. The minimum atomic E-state index is -0.517. The van der Waals surface area contributed by atoms with Crippen LogP contribution in [0.5, 0.6) is 0 Å². The fraction of sp³-hybridized carbons (Fsp3) is 0.143. The molecule has 2 nitrogen and oxygen atoms in total. The summed E-state index contributed by atoms with van der Waals surface area (Å²) < 4.78 is 12.7. The summed E-state index contributed by atoms with van der Waals surface area (Å²) in [5.41, 5.74) is 0.273. The first-order chi connectivity index (χ1) is 5.15. The average Bonchev–Trinajstić information content (AvgIpc) is 1.97. The van der Waals surface area contributed by atoms with Crippen LogP contribution >= 0.6 is 11.6 Å². The summed E-state index contributed by atoms with van der Waals surface area (Å²) in [4.78, 5) is 13.8. The van der Waals surface area contributed by atoms with E-state index in [2.05, 4.69) is 4.98 Å².